The molecule has 0 amide bonds. The quantitative estimate of drug-likeness (QED) is 0.678. The van der Waals surface area contributed by atoms with E-state index in [0.717, 1.165) is 16.7 Å². The van der Waals surface area contributed by atoms with Gasteiger partial charge in [0.15, 0.2) is 0 Å². The van der Waals surface area contributed by atoms with Crippen molar-refractivity contribution >= 4 is 11.9 Å². The minimum absolute atomic E-state index is 0.152. The molecule has 0 fully saturated rings. The van der Waals surface area contributed by atoms with Gasteiger partial charge in [0.05, 0.1) is 0 Å². The van der Waals surface area contributed by atoms with Crippen LogP contribution in [-0.4, -0.2) is 11.9 Å². The molecule has 4 heteroatoms. The first-order valence-corrected chi connectivity index (χ1v) is 5.36. The van der Waals surface area contributed by atoms with E-state index in [9.17, 15) is 19.8 Å². The van der Waals surface area contributed by atoms with Crippen LogP contribution in [0.15, 0.2) is 18.2 Å². The molecule has 92 valence electrons. The summed E-state index contributed by atoms with van der Waals surface area (Å²) in [6.07, 6.45) is -0.367. The molecule has 1 aromatic carbocycles. The van der Waals surface area contributed by atoms with Gasteiger partial charge in [-0.05, 0) is 32.3 Å². The van der Waals surface area contributed by atoms with Gasteiger partial charge in [-0.25, -0.2) is 0 Å². The summed E-state index contributed by atoms with van der Waals surface area (Å²) < 4.78 is 0. The van der Waals surface area contributed by atoms with E-state index in [2.05, 4.69) is 0 Å². The van der Waals surface area contributed by atoms with Gasteiger partial charge in [0.25, 0.3) is 0 Å². The van der Waals surface area contributed by atoms with E-state index in [-0.39, 0.29) is 6.42 Å². The van der Waals surface area contributed by atoms with E-state index < -0.39 is 24.3 Å². The number of aliphatic carboxylic acids is 2. The summed E-state index contributed by atoms with van der Waals surface area (Å²) in [5, 5.41) is 21.2. The molecular formula is C13H14O4-2. The summed E-state index contributed by atoms with van der Waals surface area (Å²) in [4.78, 5) is 21.2. The van der Waals surface area contributed by atoms with Gasteiger partial charge >= 0.3 is 0 Å². The number of aryl methyl sites for hydroxylation is 2. The molecule has 0 aliphatic carbocycles. The molecule has 0 bridgehead atoms. The standard InChI is InChI=1S/C13H16O4/c1-8-3-9(2)5-10(4-8)6-11(13(16)17)7-12(14)15/h3-5,11H,6-7H2,1-2H3,(H,14,15)(H,16,17)/p-2/t11-/m1/s1. The number of rotatable bonds is 5. The minimum Gasteiger partial charge on any atom is -0.550 e. The minimum atomic E-state index is -1.37. The second-order valence-corrected chi connectivity index (χ2v) is 4.29. The zero-order valence-corrected chi connectivity index (χ0v) is 9.86. The van der Waals surface area contributed by atoms with Gasteiger partial charge in [0.1, 0.15) is 0 Å². The van der Waals surface area contributed by atoms with Crippen LogP contribution in [0.3, 0.4) is 0 Å². The summed E-state index contributed by atoms with van der Waals surface area (Å²) in [6.45, 7) is 3.81. The highest BCUT2D eigenvalue weighted by molar-refractivity contribution is 5.75. The Morgan fingerprint density at radius 2 is 1.65 bits per heavy atom. The Kier molecular flexibility index (Phi) is 4.26. The van der Waals surface area contributed by atoms with Crippen molar-refractivity contribution < 1.29 is 19.8 Å². The van der Waals surface area contributed by atoms with E-state index in [1.54, 1.807) is 0 Å². The number of hydrogen-bond acceptors (Lipinski definition) is 4. The van der Waals surface area contributed by atoms with Crippen LogP contribution in [0.4, 0.5) is 0 Å². The molecule has 0 unspecified atom stereocenters. The molecule has 0 heterocycles. The molecule has 0 spiro atoms. The van der Waals surface area contributed by atoms with Gasteiger partial charge in [-0.3, -0.25) is 0 Å². The maximum atomic E-state index is 10.8. The lowest BCUT2D eigenvalue weighted by Crippen LogP contribution is -2.37. The molecule has 1 rings (SSSR count). The van der Waals surface area contributed by atoms with Crippen LogP contribution < -0.4 is 10.2 Å². The SMILES string of the molecule is Cc1cc(C)cc(C[C@H](CC(=O)[O-])C(=O)[O-])c1. The highest BCUT2D eigenvalue weighted by Crippen LogP contribution is 2.15. The van der Waals surface area contributed by atoms with E-state index >= 15 is 0 Å². The monoisotopic (exact) mass is 234 g/mol. The van der Waals surface area contributed by atoms with Crippen molar-refractivity contribution in [3.8, 4) is 0 Å². The molecule has 0 aliphatic rings. The third-order valence-corrected chi connectivity index (χ3v) is 2.51. The topological polar surface area (TPSA) is 80.3 Å². The summed E-state index contributed by atoms with van der Waals surface area (Å²) in [5.41, 5.74) is 2.84. The maximum absolute atomic E-state index is 10.8. The van der Waals surface area contributed by atoms with Crippen molar-refractivity contribution in [2.24, 2.45) is 5.92 Å². The highest BCUT2D eigenvalue weighted by atomic mass is 16.4. The Balaban J connectivity index is 2.85. The van der Waals surface area contributed by atoms with Crippen LogP contribution >= 0.6 is 0 Å². The summed E-state index contributed by atoms with van der Waals surface area (Å²) >= 11 is 0. The van der Waals surface area contributed by atoms with Crippen LogP contribution in [0, 0.1) is 19.8 Å². The number of carboxylic acid groups (broad SMARTS) is 2. The van der Waals surface area contributed by atoms with Crippen LogP contribution in [0.2, 0.25) is 0 Å². The normalized spacial score (nSPS) is 12.1. The number of carbonyl (C=O) groups excluding carboxylic acids is 2. The first-order valence-electron chi connectivity index (χ1n) is 5.36. The van der Waals surface area contributed by atoms with Gasteiger partial charge in [-0.15, -0.1) is 0 Å². The zero-order chi connectivity index (χ0) is 13.0. The van der Waals surface area contributed by atoms with Crippen LogP contribution in [0.25, 0.3) is 0 Å². The van der Waals surface area contributed by atoms with Crippen molar-refractivity contribution in [3.05, 3.63) is 34.9 Å². The maximum Gasteiger partial charge on any atom is 0.0452 e. The fraction of sp³-hybridized carbons (Fsp3) is 0.385. The number of hydrogen-bond donors (Lipinski definition) is 0. The largest absolute Gasteiger partial charge is 0.550 e. The Morgan fingerprint density at radius 3 is 2.06 bits per heavy atom. The average Bonchev–Trinajstić information content (AvgIpc) is 2.13. The third-order valence-electron chi connectivity index (χ3n) is 2.51. The molecule has 0 N–H and O–H groups in total. The van der Waals surface area contributed by atoms with Gasteiger partial charge < -0.3 is 19.8 Å². The van der Waals surface area contributed by atoms with Crippen LogP contribution in [-0.2, 0) is 16.0 Å². The third kappa shape index (κ3) is 4.26. The second kappa shape index (κ2) is 5.48. The van der Waals surface area contributed by atoms with Crippen molar-refractivity contribution in [2.75, 3.05) is 0 Å². The van der Waals surface area contributed by atoms with Crippen molar-refractivity contribution in [3.63, 3.8) is 0 Å². The van der Waals surface area contributed by atoms with E-state index in [1.165, 1.54) is 0 Å². The van der Waals surface area contributed by atoms with Gasteiger partial charge in [-0.1, -0.05) is 29.3 Å². The van der Waals surface area contributed by atoms with E-state index in [1.807, 2.05) is 32.0 Å². The molecule has 4 nitrogen and oxygen atoms in total. The summed E-state index contributed by atoms with van der Waals surface area (Å²) in [6, 6.07) is 5.66. The van der Waals surface area contributed by atoms with Gasteiger partial charge in [0.2, 0.25) is 0 Å². The lowest BCUT2D eigenvalue weighted by molar-refractivity contribution is -0.320. The average molecular weight is 234 g/mol. The first kappa shape index (κ1) is 13.2. The molecule has 0 radical (unpaired) electrons. The Bertz CT molecular complexity index is 417. The molecule has 0 aliphatic heterocycles. The fourth-order valence-electron chi connectivity index (χ4n) is 1.91. The van der Waals surface area contributed by atoms with Crippen molar-refractivity contribution in [2.45, 2.75) is 26.7 Å². The predicted molar refractivity (Wildman–Crippen MR) is 57.7 cm³/mol. The first-order chi connectivity index (χ1) is 7.88. The lowest BCUT2D eigenvalue weighted by atomic mass is 9.94. The number of carbonyl (C=O) groups is 2. The molecule has 0 saturated carbocycles. The Labute approximate surface area is 99.9 Å². The number of carboxylic acids is 2. The van der Waals surface area contributed by atoms with E-state index in [0.29, 0.717) is 0 Å². The van der Waals surface area contributed by atoms with E-state index in [4.69, 9.17) is 0 Å². The summed E-state index contributed by atoms with van der Waals surface area (Å²) in [5.74, 6) is -3.77. The predicted octanol–water partition coefficient (Wildman–Crippen LogP) is -0.648. The molecule has 1 atom stereocenters. The fourth-order valence-corrected chi connectivity index (χ4v) is 1.91. The van der Waals surface area contributed by atoms with Crippen LogP contribution in [0.1, 0.15) is 23.1 Å². The number of benzene rings is 1. The molecular weight excluding hydrogens is 220 g/mol. The molecule has 1 aromatic rings. The zero-order valence-electron chi connectivity index (χ0n) is 9.86. The second-order valence-electron chi connectivity index (χ2n) is 4.29. The van der Waals surface area contributed by atoms with Crippen molar-refractivity contribution in [1.29, 1.82) is 0 Å². The molecule has 0 saturated heterocycles. The van der Waals surface area contributed by atoms with Gasteiger partial charge in [-0.2, -0.15) is 0 Å². The van der Waals surface area contributed by atoms with Crippen molar-refractivity contribution in [1.82, 2.24) is 0 Å². The molecule has 0 aromatic heterocycles. The Morgan fingerprint density at radius 1 is 1.12 bits per heavy atom. The van der Waals surface area contributed by atoms with Crippen LogP contribution in [0.5, 0.6) is 0 Å². The smallest absolute Gasteiger partial charge is 0.0452 e. The Hall–Kier alpha value is -1.84. The molecule has 17 heavy (non-hydrogen) atoms. The lowest BCUT2D eigenvalue weighted by Gasteiger charge is -2.19. The highest BCUT2D eigenvalue weighted by Gasteiger charge is 2.12. The van der Waals surface area contributed by atoms with Gasteiger partial charge in [0, 0.05) is 17.9 Å². The summed E-state index contributed by atoms with van der Waals surface area (Å²) in [7, 11) is 0.